The van der Waals surface area contributed by atoms with Crippen molar-refractivity contribution in [3.8, 4) is 0 Å². The summed E-state index contributed by atoms with van der Waals surface area (Å²) in [5.41, 5.74) is 0.335. The van der Waals surface area contributed by atoms with Gasteiger partial charge in [-0.25, -0.2) is 13.2 Å². The Labute approximate surface area is 114 Å². The van der Waals surface area contributed by atoms with Crippen LogP contribution in [0.5, 0.6) is 0 Å². The molecule has 0 atom stereocenters. The molecule has 0 bridgehead atoms. The third kappa shape index (κ3) is 3.50. The van der Waals surface area contributed by atoms with E-state index in [1.54, 1.807) is 0 Å². The van der Waals surface area contributed by atoms with Gasteiger partial charge in [-0.2, -0.15) is 0 Å². The molecule has 1 aromatic carbocycles. The second-order valence-corrected chi connectivity index (χ2v) is 5.14. The Bertz CT molecular complexity index is 476. The molecule has 1 aliphatic carbocycles. The smallest absolute Gasteiger partial charge is 0.306 e. The van der Waals surface area contributed by atoms with Crippen LogP contribution in [-0.4, -0.2) is 17.1 Å². The second kappa shape index (κ2) is 6.26. The zero-order valence-corrected chi connectivity index (χ0v) is 10.8. The maximum Gasteiger partial charge on any atom is 0.306 e. The lowest BCUT2D eigenvalue weighted by Crippen LogP contribution is -2.34. The van der Waals surface area contributed by atoms with Crippen LogP contribution >= 0.6 is 0 Å². The lowest BCUT2D eigenvalue weighted by molar-refractivity contribution is -0.142. The van der Waals surface area contributed by atoms with Crippen LogP contribution in [0, 0.1) is 23.4 Å². The number of halogens is 3. The van der Waals surface area contributed by atoms with Crippen LogP contribution in [0.2, 0.25) is 0 Å². The number of aliphatic carboxylic acids is 1. The molecule has 110 valence electrons. The first-order chi connectivity index (χ1) is 9.47. The summed E-state index contributed by atoms with van der Waals surface area (Å²) >= 11 is 0. The summed E-state index contributed by atoms with van der Waals surface area (Å²) in [5, 5.41) is 12.0. The van der Waals surface area contributed by atoms with Gasteiger partial charge in [-0.05, 0) is 43.4 Å². The fourth-order valence-electron chi connectivity index (χ4n) is 2.52. The molecule has 0 radical (unpaired) electrons. The molecule has 1 aromatic rings. The Hall–Kier alpha value is -1.56. The Kier molecular flexibility index (Phi) is 4.65. The molecule has 20 heavy (non-hydrogen) atoms. The number of carboxylic acid groups (broad SMARTS) is 1. The quantitative estimate of drug-likeness (QED) is 0.837. The molecule has 2 rings (SSSR count). The van der Waals surface area contributed by atoms with Gasteiger partial charge in [0.1, 0.15) is 0 Å². The first kappa shape index (κ1) is 14.8. The molecule has 2 N–H and O–H groups in total. The highest BCUT2D eigenvalue weighted by Crippen LogP contribution is 2.24. The van der Waals surface area contributed by atoms with Crippen LogP contribution < -0.4 is 5.32 Å². The van der Waals surface area contributed by atoms with Gasteiger partial charge < -0.3 is 10.4 Å². The molecule has 0 unspecified atom stereocenters. The fraction of sp³-hybridized carbons (Fsp3) is 0.500. The van der Waals surface area contributed by atoms with Gasteiger partial charge >= 0.3 is 5.97 Å². The van der Waals surface area contributed by atoms with Gasteiger partial charge in [0, 0.05) is 12.6 Å². The van der Waals surface area contributed by atoms with Crippen molar-refractivity contribution in [3.05, 3.63) is 35.1 Å². The Morgan fingerprint density at radius 3 is 2.20 bits per heavy atom. The first-order valence-corrected chi connectivity index (χ1v) is 6.57. The van der Waals surface area contributed by atoms with Gasteiger partial charge in [-0.15, -0.1) is 0 Å². The van der Waals surface area contributed by atoms with Gasteiger partial charge in [0.15, 0.2) is 17.5 Å². The van der Waals surface area contributed by atoms with Crippen molar-refractivity contribution in [2.45, 2.75) is 38.3 Å². The van der Waals surface area contributed by atoms with E-state index in [1.165, 1.54) is 0 Å². The minimum absolute atomic E-state index is 0.127. The number of carboxylic acids is 1. The van der Waals surface area contributed by atoms with Crippen molar-refractivity contribution < 1.29 is 23.1 Å². The van der Waals surface area contributed by atoms with Gasteiger partial charge in [0.05, 0.1) is 5.92 Å². The van der Waals surface area contributed by atoms with E-state index in [0.717, 1.165) is 12.1 Å². The van der Waals surface area contributed by atoms with Crippen molar-refractivity contribution in [2.24, 2.45) is 5.92 Å². The van der Waals surface area contributed by atoms with Crippen LogP contribution in [-0.2, 0) is 11.3 Å². The summed E-state index contributed by atoms with van der Waals surface area (Å²) in [7, 11) is 0. The highest BCUT2D eigenvalue weighted by Gasteiger charge is 2.25. The summed E-state index contributed by atoms with van der Waals surface area (Å²) < 4.78 is 38.9. The summed E-state index contributed by atoms with van der Waals surface area (Å²) in [4.78, 5) is 10.8. The molecule has 6 heteroatoms. The van der Waals surface area contributed by atoms with E-state index in [9.17, 15) is 18.0 Å². The maximum atomic E-state index is 13.0. The van der Waals surface area contributed by atoms with E-state index in [2.05, 4.69) is 5.32 Å². The van der Waals surface area contributed by atoms with Gasteiger partial charge in [0.25, 0.3) is 0 Å². The van der Waals surface area contributed by atoms with Crippen LogP contribution in [0.3, 0.4) is 0 Å². The van der Waals surface area contributed by atoms with Crippen molar-refractivity contribution >= 4 is 5.97 Å². The predicted molar refractivity (Wildman–Crippen MR) is 66.5 cm³/mol. The number of benzene rings is 1. The van der Waals surface area contributed by atoms with Crippen LogP contribution in [0.15, 0.2) is 12.1 Å². The van der Waals surface area contributed by atoms with E-state index in [-0.39, 0.29) is 18.5 Å². The molecular weight excluding hydrogens is 271 g/mol. The zero-order chi connectivity index (χ0) is 14.7. The molecule has 1 saturated carbocycles. The molecule has 0 heterocycles. The van der Waals surface area contributed by atoms with E-state index >= 15 is 0 Å². The van der Waals surface area contributed by atoms with Crippen molar-refractivity contribution in [2.75, 3.05) is 0 Å². The third-order valence-corrected chi connectivity index (χ3v) is 3.71. The first-order valence-electron chi connectivity index (χ1n) is 6.57. The summed E-state index contributed by atoms with van der Waals surface area (Å²) in [6, 6.07) is 2.06. The molecule has 3 nitrogen and oxygen atoms in total. The molecular formula is C14H16F3NO2. The highest BCUT2D eigenvalue weighted by atomic mass is 19.2. The topological polar surface area (TPSA) is 49.3 Å². The third-order valence-electron chi connectivity index (χ3n) is 3.71. The molecule has 0 saturated heterocycles. The Morgan fingerprint density at radius 1 is 1.15 bits per heavy atom. The predicted octanol–water partition coefficient (Wildman–Crippen LogP) is 2.84. The van der Waals surface area contributed by atoms with Crippen molar-refractivity contribution in [1.82, 2.24) is 5.32 Å². The zero-order valence-electron chi connectivity index (χ0n) is 10.8. The minimum atomic E-state index is -1.46. The van der Waals surface area contributed by atoms with E-state index in [4.69, 9.17) is 5.11 Å². The highest BCUT2D eigenvalue weighted by molar-refractivity contribution is 5.70. The number of hydrogen-bond donors (Lipinski definition) is 2. The molecule has 1 aliphatic rings. The van der Waals surface area contributed by atoms with Crippen LogP contribution in [0.25, 0.3) is 0 Å². The maximum absolute atomic E-state index is 13.0. The Morgan fingerprint density at radius 2 is 1.70 bits per heavy atom. The van der Waals surface area contributed by atoms with Gasteiger partial charge in [0.2, 0.25) is 0 Å². The van der Waals surface area contributed by atoms with Crippen molar-refractivity contribution in [1.29, 1.82) is 0 Å². The molecule has 1 fully saturated rings. The van der Waals surface area contributed by atoms with Crippen LogP contribution in [0.4, 0.5) is 13.2 Å². The fourth-order valence-corrected chi connectivity index (χ4v) is 2.52. The minimum Gasteiger partial charge on any atom is -0.481 e. The lowest BCUT2D eigenvalue weighted by Gasteiger charge is -2.27. The normalized spacial score (nSPS) is 22.8. The number of carbonyl (C=O) groups is 1. The van der Waals surface area contributed by atoms with E-state index in [0.29, 0.717) is 31.2 Å². The van der Waals surface area contributed by atoms with Crippen LogP contribution in [0.1, 0.15) is 31.2 Å². The molecule has 0 aliphatic heterocycles. The number of nitrogens with one attached hydrogen (secondary N) is 1. The van der Waals surface area contributed by atoms with E-state index < -0.39 is 23.4 Å². The average Bonchev–Trinajstić information content (AvgIpc) is 2.42. The standard InChI is InChI=1S/C14H16F3NO2/c15-11-5-8(6-12(16)13(11)17)7-18-10-3-1-9(2-4-10)14(19)20/h5-6,9-10,18H,1-4,7H2,(H,19,20). The average molecular weight is 287 g/mol. The molecule has 0 spiro atoms. The Balaban J connectivity index is 1.86. The number of hydrogen-bond acceptors (Lipinski definition) is 2. The van der Waals surface area contributed by atoms with E-state index in [1.807, 2.05) is 0 Å². The monoisotopic (exact) mass is 287 g/mol. The summed E-state index contributed by atoms with van der Waals surface area (Å²) in [5.74, 6) is -4.93. The lowest BCUT2D eigenvalue weighted by atomic mass is 9.86. The second-order valence-electron chi connectivity index (χ2n) is 5.14. The number of rotatable bonds is 4. The molecule has 0 aromatic heterocycles. The largest absolute Gasteiger partial charge is 0.481 e. The van der Waals surface area contributed by atoms with Gasteiger partial charge in [-0.3, -0.25) is 4.79 Å². The molecule has 0 amide bonds. The van der Waals surface area contributed by atoms with Gasteiger partial charge in [-0.1, -0.05) is 0 Å². The SMILES string of the molecule is O=C(O)C1CCC(NCc2cc(F)c(F)c(F)c2)CC1. The summed E-state index contributed by atoms with van der Waals surface area (Å²) in [6.07, 6.45) is 2.62. The van der Waals surface area contributed by atoms with Crippen molar-refractivity contribution in [3.63, 3.8) is 0 Å². The summed E-state index contributed by atoms with van der Waals surface area (Å²) in [6.45, 7) is 0.233.